The van der Waals surface area contributed by atoms with Crippen LogP contribution >= 0.6 is 15.9 Å². The minimum atomic E-state index is -1.07. The molecule has 0 radical (unpaired) electrons. The first kappa shape index (κ1) is 13.5. The number of nitrogens with one attached hydrogen (secondary N) is 1. The van der Waals surface area contributed by atoms with Gasteiger partial charge in [0.1, 0.15) is 0 Å². The lowest BCUT2D eigenvalue weighted by molar-refractivity contribution is 0.102. The Hall–Kier alpha value is -1.95. The molecule has 2 rings (SSSR count). The summed E-state index contributed by atoms with van der Waals surface area (Å²) in [5, 5.41) is 2.56. The van der Waals surface area contributed by atoms with Crippen molar-refractivity contribution in [3.63, 3.8) is 0 Å². The zero-order chi connectivity index (χ0) is 14.0. The van der Waals surface area contributed by atoms with Crippen LogP contribution in [0.2, 0.25) is 0 Å². The van der Waals surface area contributed by atoms with E-state index in [-0.39, 0.29) is 5.56 Å². The summed E-state index contributed by atoms with van der Waals surface area (Å²) >= 11 is 3.25. The normalized spacial score (nSPS) is 10.3. The highest BCUT2D eigenvalue weighted by Gasteiger charge is 2.11. The van der Waals surface area contributed by atoms with Gasteiger partial charge in [0.25, 0.3) is 5.91 Å². The molecule has 2 aromatic carbocycles. The Labute approximate surface area is 116 Å². The number of hydrogen-bond acceptors (Lipinski definition) is 2. The summed E-state index contributed by atoms with van der Waals surface area (Å²) in [6.45, 7) is 0. The molecule has 0 aliphatic heterocycles. The molecule has 0 unspecified atom stereocenters. The van der Waals surface area contributed by atoms with Gasteiger partial charge in [-0.2, -0.15) is 0 Å². The van der Waals surface area contributed by atoms with Crippen molar-refractivity contribution in [2.75, 3.05) is 11.1 Å². The zero-order valence-electron chi connectivity index (χ0n) is 9.58. The van der Waals surface area contributed by atoms with Gasteiger partial charge in [-0.1, -0.05) is 0 Å². The summed E-state index contributed by atoms with van der Waals surface area (Å²) in [5.41, 5.74) is 6.55. The molecule has 0 aliphatic carbocycles. The molecule has 19 heavy (non-hydrogen) atoms. The van der Waals surface area contributed by atoms with E-state index in [1.807, 2.05) is 0 Å². The van der Waals surface area contributed by atoms with Crippen molar-refractivity contribution in [3.05, 3.63) is 58.1 Å². The Morgan fingerprint density at radius 1 is 1.11 bits per heavy atom. The van der Waals surface area contributed by atoms with Crippen LogP contribution in [0.5, 0.6) is 0 Å². The minimum absolute atomic E-state index is 0.0215. The van der Waals surface area contributed by atoms with Crippen molar-refractivity contribution >= 4 is 33.2 Å². The highest BCUT2D eigenvalue weighted by Crippen LogP contribution is 2.25. The Morgan fingerprint density at radius 2 is 1.84 bits per heavy atom. The summed E-state index contributed by atoms with van der Waals surface area (Å²) in [5.74, 6) is -2.62. The van der Waals surface area contributed by atoms with Crippen LogP contribution in [0, 0.1) is 11.6 Å². The van der Waals surface area contributed by atoms with Crippen molar-refractivity contribution in [3.8, 4) is 0 Å². The lowest BCUT2D eigenvalue weighted by Crippen LogP contribution is -2.13. The summed E-state index contributed by atoms with van der Waals surface area (Å²) in [7, 11) is 0. The van der Waals surface area contributed by atoms with Crippen molar-refractivity contribution in [2.24, 2.45) is 0 Å². The van der Waals surface area contributed by atoms with E-state index < -0.39 is 17.5 Å². The van der Waals surface area contributed by atoms with Crippen molar-refractivity contribution in [1.29, 1.82) is 0 Å². The Balaban J connectivity index is 2.25. The van der Waals surface area contributed by atoms with Crippen LogP contribution < -0.4 is 11.1 Å². The monoisotopic (exact) mass is 326 g/mol. The standard InChI is InChI=1S/C13H9BrF2N2O/c14-9-3-2-8(17)6-12(9)18-13(19)7-1-4-10(15)11(16)5-7/h1-6H,17H2,(H,18,19). The molecule has 3 N–H and O–H groups in total. The van der Waals surface area contributed by atoms with Gasteiger partial charge in [-0.3, -0.25) is 4.79 Å². The molecule has 2 aromatic rings. The minimum Gasteiger partial charge on any atom is -0.399 e. The van der Waals surface area contributed by atoms with Gasteiger partial charge in [-0.05, 0) is 52.3 Å². The number of nitrogen functional groups attached to an aromatic ring is 1. The van der Waals surface area contributed by atoms with Gasteiger partial charge in [-0.25, -0.2) is 8.78 Å². The predicted molar refractivity (Wildman–Crippen MR) is 72.9 cm³/mol. The van der Waals surface area contributed by atoms with E-state index in [1.54, 1.807) is 18.2 Å². The third-order valence-electron chi connectivity index (χ3n) is 2.42. The van der Waals surface area contributed by atoms with E-state index in [2.05, 4.69) is 21.2 Å². The van der Waals surface area contributed by atoms with Crippen LogP contribution in [-0.4, -0.2) is 5.91 Å². The highest BCUT2D eigenvalue weighted by atomic mass is 79.9. The topological polar surface area (TPSA) is 55.1 Å². The summed E-state index contributed by atoms with van der Waals surface area (Å²) in [6.07, 6.45) is 0. The van der Waals surface area contributed by atoms with E-state index in [0.717, 1.165) is 12.1 Å². The second-order valence-electron chi connectivity index (χ2n) is 3.82. The van der Waals surface area contributed by atoms with Crippen LogP contribution in [-0.2, 0) is 0 Å². The fourth-order valence-electron chi connectivity index (χ4n) is 1.47. The number of carbonyl (C=O) groups excluding carboxylic acids is 1. The average Bonchev–Trinajstić information content (AvgIpc) is 2.37. The molecule has 0 bridgehead atoms. The Kier molecular flexibility index (Phi) is 3.80. The largest absolute Gasteiger partial charge is 0.399 e. The molecule has 0 spiro atoms. The van der Waals surface area contributed by atoms with E-state index in [4.69, 9.17) is 5.73 Å². The zero-order valence-corrected chi connectivity index (χ0v) is 11.2. The molecule has 6 heteroatoms. The third kappa shape index (κ3) is 3.08. The van der Waals surface area contributed by atoms with Gasteiger partial charge >= 0.3 is 0 Å². The number of benzene rings is 2. The second-order valence-corrected chi connectivity index (χ2v) is 4.68. The van der Waals surface area contributed by atoms with Crippen LogP contribution in [0.1, 0.15) is 10.4 Å². The lowest BCUT2D eigenvalue weighted by atomic mass is 10.2. The van der Waals surface area contributed by atoms with Crippen LogP contribution in [0.15, 0.2) is 40.9 Å². The lowest BCUT2D eigenvalue weighted by Gasteiger charge is -2.08. The van der Waals surface area contributed by atoms with Gasteiger partial charge in [0.15, 0.2) is 11.6 Å². The van der Waals surface area contributed by atoms with E-state index >= 15 is 0 Å². The van der Waals surface area contributed by atoms with Gasteiger partial charge in [0.05, 0.1) is 5.69 Å². The number of anilines is 2. The molecule has 0 aromatic heterocycles. The molecule has 0 saturated carbocycles. The molecular formula is C13H9BrF2N2O. The second kappa shape index (κ2) is 5.36. The van der Waals surface area contributed by atoms with Gasteiger partial charge in [-0.15, -0.1) is 0 Å². The Bertz CT molecular complexity index is 647. The molecule has 0 heterocycles. The fraction of sp³-hybridized carbons (Fsp3) is 0. The van der Waals surface area contributed by atoms with Crippen LogP contribution in [0.3, 0.4) is 0 Å². The smallest absolute Gasteiger partial charge is 0.255 e. The molecule has 1 amide bonds. The van der Waals surface area contributed by atoms with Crippen molar-refractivity contribution < 1.29 is 13.6 Å². The van der Waals surface area contributed by atoms with Crippen LogP contribution in [0.25, 0.3) is 0 Å². The summed E-state index contributed by atoms with van der Waals surface area (Å²) < 4.78 is 26.4. The first-order chi connectivity index (χ1) is 8.97. The maximum absolute atomic E-state index is 13.0. The summed E-state index contributed by atoms with van der Waals surface area (Å²) in [6, 6.07) is 7.84. The number of nitrogens with two attached hydrogens (primary N) is 1. The third-order valence-corrected chi connectivity index (χ3v) is 3.11. The number of carbonyl (C=O) groups is 1. The number of amides is 1. The molecule has 3 nitrogen and oxygen atoms in total. The number of hydrogen-bond donors (Lipinski definition) is 2. The first-order valence-corrected chi connectivity index (χ1v) is 6.08. The van der Waals surface area contributed by atoms with E-state index in [9.17, 15) is 13.6 Å². The number of rotatable bonds is 2. The maximum Gasteiger partial charge on any atom is 0.255 e. The van der Waals surface area contributed by atoms with Gasteiger partial charge in [0.2, 0.25) is 0 Å². The average molecular weight is 327 g/mol. The number of halogens is 3. The maximum atomic E-state index is 13.0. The van der Waals surface area contributed by atoms with Crippen molar-refractivity contribution in [2.45, 2.75) is 0 Å². The van der Waals surface area contributed by atoms with Gasteiger partial charge < -0.3 is 11.1 Å². The molecular weight excluding hydrogens is 318 g/mol. The van der Waals surface area contributed by atoms with Crippen molar-refractivity contribution in [1.82, 2.24) is 0 Å². The van der Waals surface area contributed by atoms with Crippen LogP contribution in [0.4, 0.5) is 20.2 Å². The highest BCUT2D eigenvalue weighted by molar-refractivity contribution is 9.10. The van der Waals surface area contributed by atoms with Gasteiger partial charge in [0, 0.05) is 15.7 Å². The molecule has 0 saturated heterocycles. The predicted octanol–water partition coefficient (Wildman–Crippen LogP) is 3.56. The molecule has 0 aliphatic rings. The SMILES string of the molecule is Nc1ccc(Br)c(NC(=O)c2ccc(F)c(F)c2)c1. The molecule has 0 fully saturated rings. The quantitative estimate of drug-likeness (QED) is 0.829. The fourth-order valence-corrected chi connectivity index (χ4v) is 1.82. The van der Waals surface area contributed by atoms with E-state index in [1.165, 1.54) is 6.07 Å². The van der Waals surface area contributed by atoms with E-state index in [0.29, 0.717) is 15.8 Å². The molecule has 0 atom stereocenters. The first-order valence-electron chi connectivity index (χ1n) is 5.29. The molecule has 98 valence electrons. The summed E-state index contributed by atoms with van der Waals surface area (Å²) in [4.78, 5) is 11.9. The Morgan fingerprint density at radius 3 is 2.53 bits per heavy atom.